The van der Waals surface area contributed by atoms with Gasteiger partial charge in [0, 0.05) is 53.4 Å². The molecule has 2 aromatic rings. The van der Waals surface area contributed by atoms with Crippen molar-refractivity contribution in [3.63, 3.8) is 0 Å². The van der Waals surface area contributed by atoms with E-state index in [9.17, 15) is 39.7 Å². The summed E-state index contributed by atoms with van der Waals surface area (Å²) < 4.78 is 11.0. The molecular weight excluding hydrogens is 596 g/mol. The molecule has 0 bridgehead atoms. The minimum atomic E-state index is -0.902. The number of fused-ring (bicyclic) bond motifs is 1. The van der Waals surface area contributed by atoms with Crippen LogP contribution in [0.15, 0.2) is 59.1 Å². The van der Waals surface area contributed by atoms with Crippen LogP contribution in [0.2, 0.25) is 0 Å². The van der Waals surface area contributed by atoms with E-state index in [-0.39, 0.29) is 47.4 Å². The Balaban J connectivity index is 1.25. The Hall–Kier alpha value is -4.50. The minimum Gasteiger partial charge on any atom is -0.456 e. The number of amides is 2. The van der Waals surface area contributed by atoms with E-state index in [1.165, 1.54) is 65.2 Å². The van der Waals surface area contributed by atoms with Crippen molar-refractivity contribution in [2.45, 2.75) is 50.9 Å². The predicted molar refractivity (Wildman–Crippen MR) is 156 cm³/mol. The third-order valence-corrected chi connectivity index (χ3v) is 9.56. The molecule has 232 valence electrons. The van der Waals surface area contributed by atoms with Crippen molar-refractivity contribution in [3.05, 3.63) is 90.5 Å². The number of likely N-dealkylation sites (tertiary alicyclic amines) is 1. The Labute approximate surface area is 255 Å². The smallest absolute Gasteiger partial charge is 0.410 e. The van der Waals surface area contributed by atoms with Crippen LogP contribution in [-0.2, 0) is 32.3 Å². The van der Waals surface area contributed by atoms with Gasteiger partial charge in [0.1, 0.15) is 18.9 Å². The Morgan fingerprint density at radius 2 is 1.55 bits per heavy atom. The largest absolute Gasteiger partial charge is 0.456 e. The molecule has 0 radical (unpaired) electrons. The average Bonchev–Trinajstić information content (AvgIpc) is 3.56. The number of nitrogens with zero attached hydrogens (tertiary/aromatic N) is 4. The lowest BCUT2D eigenvalue weighted by atomic mass is 9.79. The number of nitro benzene ring substituents is 2. The van der Waals surface area contributed by atoms with E-state index >= 15 is 0 Å². The molecule has 2 fully saturated rings. The molecule has 2 aromatic carbocycles. The van der Waals surface area contributed by atoms with Crippen molar-refractivity contribution >= 4 is 41.1 Å². The van der Waals surface area contributed by atoms with Gasteiger partial charge < -0.3 is 24.4 Å². The van der Waals surface area contributed by atoms with E-state index in [1.807, 2.05) is 6.92 Å². The molecule has 1 N–H and O–H groups in total. The van der Waals surface area contributed by atoms with Crippen LogP contribution in [0.3, 0.4) is 0 Å². The maximum atomic E-state index is 13.4. The van der Waals surface area contributed by atoms with Crippen LogP contribution in [0.1, 0.15) is 31.4 Å². The normalized spacial score (nSPS) is 23.2. The third-order valence-electron chi connectivity index (χ3n) is 8.03. The zero-order valence-electron chi connectivity index (χ0n) is 23.9. The molecule has 0 aliphatic carbocycles. The van der Waals surface area contributed by atoms with Crippen LogP contribution in [0.25, 0.3) is 0 Å². The highest BCUT2D eigenvalue weighted by molar-refractivity contribution is 8.03. The molecule has 3 aliphatic rings. The standard InChI is InChI=1S/C29H30N4O10S/c1-16-24-23(17(2)34)27(35)31(24)25(28(36)42-14-18-3-7-20(8-4-18)32(38)39)26(16)44-22-11-12-30(13-22)29(37)43-15-19-5-9-21(10-6-19)33(40)41/h3-10,16-17,22-24,34H,11-15H2,1-2H3/t16-,17-,22+,23-,24+/m1/s1. The van der Waals surface area contributed by atoms with Gasteiger partial charge in [-0.25, -0.2) is 9.59 Å². The number of hydrogen-bond acceptors (Lipinski definition) is 11. The second-order valence-corrected chi connectivity index (χ2v) is 12.3. The van der Waals surface area contributed by atoms with E-state index in [1.54, 1.807) is 11.8 Å². The van der Waals surface area contributed by atoms with Gasteiger partial charge in [-0.1, -0.05) is 6.92 Å². The van der Waals surface area contributed by atoms with Crippen LogP contribution >= 0.6 is 11.8 Å². The van der Waals surface area contributed by atoms with Crippen molar-refractivity contribution < 1.29 is 38.8 Å². The first-order valence-electron chi connectivity index (χ1n) is 13.9. The Morgan fingerprint density at radius 1 is 1.00 bits per heavy atom. The molecule has 0 saturated carbocycles. The van der Waals surface area contributed by atoms with Crippen molar-refractivity contribution in [3.8, 4) is 0 Å². The zero-order chi connectivity index (χ0) is 31.7. The SMILES string of the molecule is C[C@@H](O)[C@H]1C(=O)N2C(C(=O)OCc3ccc([N+](=O)[O-])cc3)=C(S[C@H]3CCN(C(=O)OCc4ccc([N+](=O)[O-])cc4)C3)[C@H](C)[C@@H]12. The molecular formula is C29H30N4O10S. The van der Waals surface area contributed by atoms with Crippen molar-refractivity contribution in [2.24, 2.45) is 11.8 Å². The second kappa shape index (κ2) is 12.6. The van der Waals surface area contributed by atoms with Crippen molar-refractivity contribution in [1.29, 1.82) is 0 Å². The topological polar surface area (TPSA) is 183 Å². The number of β-lactam (4-membered cyclic amide) rings is 1. The molecule has 0 unspecified atom stereocenters. The molecule has 5 atom stereocenters. The molecule has 3 heterocycles. The summed E-state index contributed by atoms with van der Waals surface area (Å²) in [6.07, 6.45) is -0.826. The number of hydrogen-bond donors (Lipinski definition) is 1. The molecule has 2 saturated heterocycles. The van der Waals surface area contributed by atoms with Gasteiger partial charge in [0.2, 0.25) is 5.91 Å². The fourth-order valence-electron chi connectivity index (χ4n) is 5.72. The maximum Gasteiger partial charge on any atom is 0.410 e. The quantitative estimate of drug-likeness (QED) is 0.175. The van der Waals surface area contributed by atoms with Crippen LogP contribution < -0.4 is 0 Å². The number of carbonyl (C=O) groups excluding carboxylic acids is 3. The molecule has 0 spiro atoms. The fraction of sp³-hybridized carbons (Fsp3) is 0.414. The van der Waals surface area contributed by atoms with Gasteiger partial charge in [-0.05, 0) is 48.7 Å². The molecule has 0 aromatic heterocycles. The number of aliphatic hydroxyl groups is 1. The number of rotatable bonds is 10. The lowest BCUT2D eigenvalue weighted by molar-refractivity contribution is -0.385. The van der Waals surface area contributed by atoms with E-state index in [4.69, 9.17) is 9.47 Å². The minimum absolute atomic E-state index is 0.0441. The first-order valence-corrected chi connectivity index (χ1v) is 14.8. The van der Waals surface area contributed by atoms with E-state index in [2.05, 4.69) is 0 Å². The molecule has 3 aliphatic heterocycles. The molecule has 5 rings (SSSR count). The van der Waals surface area contributed by atoms with Crippen molar-refractivity contribution in [1.82, 2.24) is 9.80 Å². The molecule has 15 heteroatoms. The van der Waals surface area contributed by atoms with Crippen LogP contribution in [0.4, 0.5) is 16.2 Å². The van der Waals surface area contributed by atoms with Gasteiger partial charge in [0.25, 0.3) is 11.4 Å². The first kappa shape index (κ1) is 30.9. The molecule has 44 heavy (non-hydrogen) atoms. The molecule has 14 nitrogen and oxygen atoms in total. The number of non-ortho nitro benzene ring substituents is 2. The number of nitro groups is 2. The number of thioether (sulfide) groups is 1. The predicted octanol–water partition coefficient (Wildman–Crippen LogP) is 3.76. The summed E-state index contributed by atoms with van der Waals surface area (Å²) in [6, 6.07) is 10.9. The monoisotopic (exact) mass is 626 g/mol. The van der Waals surface area contributed by atoms with E-state index < -0.39 is 40.0 Å². The van der Waals surface area contributed by atoms with Gasteiger partial charge in [-0.2, -0.15) is 0 Å². The summed E-state index contributed by atoms with van der Waals surface area (Å²) in [5.74, 6) is -2.00. The van der Waals surface area contributed by atoms with Crippen LogP contribution in [0, 0.1) is 32.1 Å². The summed E-state index contributed by atoms with van der Waals surface area (Å²) in [5.41, 5.74) is 1.12. The average molecular weight is 627 g/mol. The zero-order valence-corrected chi connectivity index (χ0v) is 24.7. The number of benzene rings is 2. The Morgan fingerprint density at radius 3 is 2.07 bits per heavy atom. The van der Waals surface area contributed by atoms with E-state index in [0.717, 1.165) is 0 Å². The van der Waals surface area contributed by atoms with Gasteiger partial charge in [-0.15, -0.1) is 11.8 Å². The lowest BCUT2D eigenvalue weighted by Crippen LogP contribution is -2.63. The number of ether oxygens (including phenoxy) is 2. The highest BCUT2D eigenvalue weighted by atomic mass is 32.2. The maximum absolute atomic E-state index is 13.4. The van der Waals surface area contributed by atoms with Gasteiger partial charge in [-0.3, -0.25) is 25.0 Å². The summed E-state index contributed by atoms with van der Waals surface area (Å²) >= 11 is 1.40. The summed E-state index contributed by atoms with van der Waals surface area (Å²) in [7, 11) is 0. The van der Waals surface area contributed by atoms with Crippen LogP contribution in [0.5, 0.6) is 0 Å². The number of carbonyl (C=O) groups is 3. The fourth-order valence-corrected chi connectivity index (χ4v) is 7.20. The van der Waals surface area contributed by atoms with E-state index in [0.29, 0.717) is 35.5 Å². The highest BCUT2D eigenvalue weighted by Gasteiger charge is 2.60. The third kappa shape index (κ3) is 6.10. The van der Waals surface area contributed by atoms with Crippen molar-refractivity contribution in [2.75, 3.05) is 13.1 Å². The van der Waals surface area contributed by atoms with Gasteiger partial charge in [0.05, 0.1) is 27.9 Å². The summed E-state index contributed by atoms with van der Waals surface area (Å²) in [5, 5.41) is 31.9. The van der Waals surface area contributed by atoms with Gasteiger partial charge >= 0.3 is 12.1 Å². The van der Waals surface area contributed by atoms with Crippen LogP contribution in [-0.4, -0.2) is 73.2 Å². The highest BCUT2D eigenvalue weighted by Crippen LogP contribution is 2.52. The molecule has 2 amide bonds. The second-order valence-electron chi connectivity index (χ2n) is 10.9. The first-order chi connectivity index (χ1) is 21.0. The van der Waals surface area contributed by atoms with Gasteiger partial charge in [0.15, 0.2) is 0 Å². The lowest BCUT2D eigenvalue weighted by Gasteiger charge is -2.46. The Bertz CT molecular complexity index is 1510. The Kier molecular flexibility index (Phi) is 8.87. The summed E-state index contributed by atoms with van der Waals surface area (Å²) in [4.78, 5) is 63.5. The summed E-state index contributed by atoms with van der Waals surface area (Å²) in [6.45, 7) is 3.99. The number of esters is 1. The number of aliphatic hydroxyl groups excluding tert-OH is 1.